The van der Waals surface area contributed by atoms with Gasteiger partial charge in [0, 0.05) is 24.8 Å². The summed E-state index contributed by atoms with van der Waals surface area (Å²) < 4.78 is 5.18. The molecule has 0 saturated carbocycles. The number of carboxylic acid groups (broad SMARTS) is 1. The van der Waals surface area contributed by atoms with Gasteiger partial charge in [-0.25, -0.2) is 4.79 Å². The van der Waals surface area contributed by atoms with Crippen LogP contribution in [-0.2, 0) is 4.79 Å². The Morgan fingerprint density at radius 2 is 2.15 bits per heavy atom. The molecule has 0 aromatic heterocycles. The molecule has 5 nitrogen and oxygen atoms in total. The molecule has 20 heavy (non-hydrogen) atoms. The van der Waals surface area contributed by atoms with E-state index in [-0.39, 0.29) is 0 Å². The molecule has 1 aromatic carbocycles. The number of anilines is 1. The largest absolute Gasteiger partial charge is 0.497 e. The summed E-state index contributed by atoms with van der Waals surface area (Å²) in [5, 5.41) is 12.8. The molecular weight excluding hydrogens is 256 g/mol. The molecular formula is C15H22N2O3. The lowest BCUT2D eigenvalue weighted by Gasteiger charge is -2.39. The predicted octanol–water partition coefficient (Wildman–Crippen LogP) is 2.05. The lowest BCUT2D eigenvalue weighted by atomic mass is 9.87. The minimum atomic E-state index is -0.877. The standard InChI is InChI=1S/C15H22N2O3/c1-3-17-9-7-15(8-10-17,14(18)19)16-12-5-4-6-13(11-12)20-2/h4-6,11,16H,3,7-10H2,1-2H3,(H,18,19). The molecule has 1 aliphatic rings. The van der Waals surface area contributed by atoms with Crippen molar-refractivity contribution >= 4 is 11.7 Å². The summed E-state index contributed by atoms with van der Waals surface area (Å²) in [5.74, 6) is -0.0578. The third-order valence-electron chi connectivity index (χ3n) is 4.02. The monoisotopic (exact) mass is 278 g/mol. The van der Waals surface area contributed by atoms with Crippen LogP contribution in [0.25, 0.3) is 0 Å². The lowest BCUT2D eigenvalue weighted by molar-refractivity contribution is -0.144. The van der Waals surface area contributed by atoms with Crippen LogP contribution in [0, 0.1) is 0 Å². The number of rotatable bonds is 5. The number of piperidine rings is 1. The van der Waals surface area contributed by atoms with E-state index in [1.54, 1.807) is 7.11 Å². The first kappa shape index (κ1) is 14.7. The van der Waals surface area contributed by atoms with Crippen molar-refractivity contribution in [3.8, 4) is 5.75 Å². The van der Waals surface area contributed by atoms with E-state index < -0.39 is 11.5 Å². The fraction of sp³-hybridized carbons (Fsp3) is 0.533. The Morgan fingerprint density at radius 1 is 1.45 bits per heavy atom. The second-order valence-corrected chi connectivity index (χ2v) is 5.18. The van der Waals surface area contributed by atoms with Gasteiger partial charge in [-0.05, 0) is 31.5 Å². The molecule has 0 radical (unpaired) electrons. The van der Waals surface area contributed by atoms with Crippen LogP contribution in [0.1, 0.15) is 19.8 Å². The van der Waals surface area contributed by atoms with E-state index in [2.05, 4.69) is 17.1 Å². The van der Waals surface area contributed by atoms with Gasteiger partial charge < -0.3 is 20.1 Å². The van der Waals surface area contributed by atoms with E-state index in [9.17, 15) is 9.90 Å². The SMILES string of the molecule is CCN1CCC(Nc2cccc(OC)c2)(C(=O)O)CC1. The van der Waals surface area contributed by atoms with Gasteiger partial charge in [-0.15, -0.1) is 0 Å². The van der Waals surface area contributed by atoms with Crippen molar-refractivity contribution in [1.29, 1.82) is 0 Å². The summed E-state index contributed by atoms with van der Waals surface area (Å²) in [5.41, 5.74) is -0.0883. The highest BCUT2D eigenvalue weighted by Gasteiger charge is 2.41. The topological polar surface area (TPSA) is 61.8 Å². The number of carbonyl (C=O) groups is 1. The molecule has 0 unspecified atom stereocenters. The number of benzene rings is 1. The minimum absolute atomic E-state index is 0.605. The Hall–Kier alpha value is -1.75. The first-order valence-electron chi connectivity index (χ1n) is 6.97. The highest BCUT2D eigenvalue weighted by molar-refractivity contribution is 5.83. The van der Waals surface area contributed by atoms with Crippen molar-refractivity contribution in [3.05, 3.63) is 24.3 Å². The van der Waals surface area contributed by atoms with E-state index in [4.69, 9.17) is 4.74 Å². The van der Waals surface area contributed by atoms with E-state index in [0.717, 1.165) is 31.1 Å². The van der Waals surface area contributed by atoms with Gasteiger partial charge in [0.05, 0.1) is 7.11 Å². The maximum absolute atomic E-state index is 11.7. The molecule has 2 N–H and O–H groups in total. The van der Waals surface area contributed by atoms with Crippen LogP contribution >= 0.6 is 0 Å². The number of carboxylic acids is 1. The zero-order chi connectivity index (χ0) is 14.6. The van der Waals surface area contributed by atoms with Crippen LogP contribution in [0.4, 0.5) is 5.69 Å². The molecule has 0 aliphatic carbocycles. The molecule has 110 valence electrons. The number of aliphatic carboxylic acids is 1. The van der Waals surface area contributed by atoms with Crippen LogP contribution in [0.5, 0.6) is 5.75 Å². The van der Waals surface area contributed by atoms with Gasteiger partial charge >= 0.3 is 5.97 Å². The third kappa shape index (κ3) is 3.04. The molecule has 1 heterocycles. The molecule has 1 aliphatic heterocycles. The zero-order valence-electron chi connectivity index (χ0n) is 12.1. The summed E-state index contributed by atoms with van der Waals surface area (Å²) in [4.78, 5) is 14.0. The number of hydrogen-bond donors (Lipinski definition) is 2. The second kappa shape index (κ2) is 6.13. The zero-order valence-corrected chi connectivity index (χ0v) is 12.1. The van der Waals surface area contributed by atoms with E-state index in [0.29, 0.717) is 12.8 Å². The summed E-state index contributed by atoms with van der Waals surface area (Å²) in [6, 6.07) is 7.41. The molecule has 0 atom stereocenters. The van der Waals surface area contributed by atoms with Crippen molar-refractivity contribution in [1.82, 2.24) is 4.90 Å². The number of ether oxygens (including phenoxy) is 1. The number of methoxy groups -OCH3 is 1. The first-order valence-corrected chi connectivity index (χ1v) is 6.97. The Morgan fingerprint density at radius 3 is 2.70 bits per heavy atom. The molecule has 1 fully saturated rings. The third-order valence-corrected chi connectivity index (χ3v) is 4.02. The second-order valence-electron chi connectivity index (χ2n) is 5.18. The summed E-state index contributed by atoms with van der Waals surface area (Å²) in [7, 11) is 1.60. The van der Waals surface area contributed by atoms with Gasteiger partial charge in [-0.1, -0.05) is 13.0 Å². The summed E-state index contributed by atoms with van der Waals surface area (Å²) >= 11 is 0. The quantitative estimate of drug-likeness (QED) is 0.863. The Labute approximate surface area is 119 Å². The molecule has 0 spiro atoms. The van der Waals surface area contributed by atoms with Gasteiger partial charge in [0.1, 0.15) is 11.3 Å². The number of hydrogen-bond acceptors (Lipinski definition) is 4. The number of nitrogens with one attached hydrogen (secondary N) is 1. The summed E-state index contributed by atoms with van der Waals surface area (Å²) in [6.07, 6.45) is 1.21. The Bertz CT molecular complexity index is 468. The van der Waals surface area contributed by atoms with Crippen LogP contribution in [0.2, 0.25) is 0 Å². The molecule has 1 saturated heterocycles. The van der Waals surface area contributed by atoms with Crippen LogP contribution in [0.15, 0.2) is 24.3 Å². The van der Waals surface area contributed by atoms with Crippen molar-refractivity contribution < 1.29 is 14.6 Å². The fourth-order valence-corrected chi connectivity index (χ4v) is 2.62. The molecule has 5 heteroatoms. The maximum atomic E-state index is 11.7. The molecule has 1 aromatic rings. The van der Waals surface area contributed by atoms with Gasteiger partial charge in [-0.2, -0.15) is 0 Å². The van der Waals surface area contributed by atoms with Crippen molar-refractivity contribution in [2.45, 2.75) is 25.3 Å². The predicted molar refractivity (Wildman–Crippen MR) is 78.3 cm³/mol. The number of nitrogens with zero attached hydrogens (tertiary/aromatic N) is 1. The Balaban J connectivity index is 2.15. The van der Waals surface area contributed by atoms with Crippen molar-refractivity contribution in [3.63, 3.8) is 0 Å². The highest BCUT2D eigenvalue weighted by atomic mass is 16.5. The van der Waals surface area contributed by atoms with Crippen LogP contribution in [-0.4, -0.2) is 48.3 Å². The summed E-state index contributed by atoms with van der Waals surface area (Å²) in [6.45, 7) is 4.68. The highest BCUT2D eigenvalue weighted by Crippen LogP contribution is 2.29. The fourth-order valence-electron chi connectivity index (χ4n) is 2.62. The Kier molecular flexibility index (Phi) is 4.49. The smallest absolute Gasteiger partial charge is 0.329 e. The number of likely N-dealkylation sites (tertiary alicyclic amines) is 1. The normalized spacial score (nSPS) is 18.5. The maximum Gasteiger partial charge on any atom is 0.329 e. The van der Waals surface area contributed by atoms with E-state index >= 15 is 0 Å². The van der Waals surface area contributed by atoms with Gasteiger partial charge in [0.2, 0.25) is 0 Å². The van der Waals surface area contributed by atoms with Crippen molar-refractivity contribution in [2.24, 2.45) is 0 Å². The van der Waals surface area contributed by atoms with Crippen LogP contribution in [0.3, 0.4) is 0 Å². The average molecular weight is 278 g/mol. The van der Waals surface area contributed by atoms with Gasteiger partial charge in [-0.3, -0.25) is 0 Å². The van der Waals surface area contributed by atoms with E-state index in [1.807, 2.05) is 24.3 Å². The van der Waals surface area contributed by atoms with Crippen LogP contribution < -0.4 is 10.1 Å². The van der Waals surface area contributed by atoms with E-state index in [1.165, 1.54) is 0 Å². The minimum Gasteiger partial charge on any atom is -0.497 e. The average Bonchev–Trinajstić information content (AvgIpc) is 2.48. The lowest BCUT2D eigenvalue weighted by Crippen LogP contribution is -2.54. The van der Waals surface area contributed by atoms with Gasteiger partial charge in [0.15, 0.2) is 0 Å². The molecule has 0 amide bonds. The first-order chi connectivity index (χ1) is 9.59. The molecule has 0 bridgehead atoms. The molecule has 2 rings (SSSR count). The van der Waals surface area contributed by atoms with Crippen molar-refractivity contribution in [2.75, 3.05) is 32.1 Å². The van der Waals surface area contributed by atoms with Gasteiger partial charge in [0.25, 0.3) is 0 Å².